The third-order valence-electron chi connectivity index (χ3n) is 4.25. The molecular formula is C18H32O2. The molecule has 0 radical (unpaired) electrons. The van der Waals surface area contributed by atoms with Gasteiger partial charge in [-0.3, -0.25) is 0 Å². The summed E-state index contributed by atoms with van der Waals surface area (Å²) >= 11 is 0. The van der Waals surface area contributed by atoms with E-state index < -0.39 is 0 Å². The second kappa shape index (κ2) is 12.0. The third kappa shape index (κ3) is 9.17. The fraction of sp³-hybridized carbons (Fsp3) is 0.833. The van der Waals surface area contributed by atoms with Gasteiger partial charge in [0, 0.05) is 6.08 Å². The van der Waals surface area contributed by atoms with E-state index in [4.69, 9.17) is 4.74 Å². The van der Waals surface area contributed by atoms with Crippen molar-refractivity contribution in [2.75, 3.05) is 0 Å². The van der Waals surface area contributed by atoms with Crippen molar-refractivity contribution >= 4 is 5.97 Å². The lowest BCUT2D eigenvalue weighted by Crippen LogP contribution is -2.16. The molecule has 1 aliphatic rings. The number of hydrogen-bond acceptors (Lipinski definition) is 2. The third-order valence-corrected chi connectivity index (χ3v) is 4.25. The maximum Gasteiger partial charge on any atom is 0.330 e. The zero-order valence-corrected chi connectivity index (χ0v) is 13.1. The Bertz CT molecular complexity index is 244. The van der Waals surface area contributed by atoms with E-state index in [2.05, 4.69) is 6.58 Å². The van der Waals surface area contributed by atoms with Crippen LogP contribution in [0.5, 0.6) is 0 Å². The van der Waals surface area contributed by atoms with Crippen molar-refractivity contribution in [1.29, 1.82) is 0 Å². The van der Waals surface area contributed by atoms with Crippen molar-refractivity contribution in [3.05, 3.63) is 12.7 Å². The van der Waals surface area contributed by atoms with Gasteiger partial charge in [0.25, 0.3) is 0 Å². The van der Waals surface area contributed by atoms with Crippen LogP contribution in [-0.2, 0) is 9.53 Å². The van der Waals surface area contributed by atoms with Gasteiger partial charge in [-0.1, -0.05) is 70.8 Å². The molecule has 0 aromatic rings. The fourth-order valence-electron chi connectivity index (χ4n) is 2.99. The van der Waals surface area contributed by atoms with Gasteiger partial charge in [-0.25, -0.2) is 4.79 Å². The number of rotatable bonds is 2. The smallest absolute Gasteiger partial charge is 0.330 e. The van der Waals surface area contributed by atoms with Gasteiger partial charge in [0.15, 0.2) is 0 Å². The van der Waals surface area contributed by atoms with Gasteiger partial charge < -0.3 is 4.74 Å². The van der Waals surface area contributed by atoms with Crippen LogP contribution in [0.2, 0.25) is 0 Å². The minimum atomic E-state index is -0.257. The average molecular weight is 280 g/mol. The van der Waals surface area contributed by atoms with Crippen LogP contribution in [0.25, 0.3) is 0 Å². The lowest BCUT2D eigenvalue weighted by molar-refractivity contribution is -0.143. The van der Waals surface area contributed by atoms with Crippen molar-refractivity contribution in [3.8, 4) is 0 Å². The predicted molar refractivity (Wildman–Crippen MR) is 84.7 cm³/mol. The van der Waals surface area contributed by atoms with Crippen LogP contribution < -0.4 is 0 Å². The highest BCUT2D eigenvalue weighted by Gasteiger charge is 2.12. The van der Waals surface area contributed by atoms with Gasteiger partial charge in [-0.05, 0) is 25.7 Å². The lowest BCUT2D eigenvalue weighted by Gasteiger charge is -2.17. The molecule has 1 aliphatic carbocycles. The Hall–Kier alpha value is -0.790. The molecule has 0 aliphatic heterocycles. The molecule has 0 atom stereocenters. The molecule has 1 saturated carbocycles. The first-order valence-electron chi connectivity index (χ1n) is 8.66. The molecule has 0 saturated heterocycles. The zero-order valence-electron chi connectivity index (χ0n) is 13.1. The summed E-state index contributed by atoms with van der Waals surface area (Å²) in [6.45, 7) is 3.49. The number of esters is 1. The summed E-state index contributed by atoms with van der Waals surface area (Å²) in [5, 5.41) is 0. The van der Waals surface area contributed by atoms with Crippen LogP contribution in [0.4, 0.5) is 0 Å². The Morgan fingerprint density at radius 3 is 1.45 bits per heavy atom. The standard InChI is InChI=1S/C18H32O2/c1-2-18(19)20-17-15-13-11-9-7-5-3-4-6-8-10-12-14-16-17/h2,17H,1,3-16H2. The Labute approximate surface area is 125 Å². The van der Waals surface area contributed by atoms with Crippen LogP contribution in [0, 0.1) is 0 Å². The van der Waals surface area contributed by atoms with Gasteiger partial charge >= 0.3 is 5.97 Å². The van der Waals surface area contributed by atoms with E-state index in [1.807, 2.05) is 0 Å². The molecule has 1 rings (SSSR count). The quantitative estimate of drug-likeness (QED) is 0.489. The number of ether oxygens (including phenoxy) is 1. The van der Waals surface area contributed by atoms with Gasteiger partial charge in [0.2, 0.25) is 0 Å². The molecule has 116 valence electrons. The molecule has 0 heterocycles. The molecule has 0 unspecified atom stereocenters. The van der Waals surface area contributed by atoms with E-state index in [0.717, 1.165) is 12.8 Å². The molecule has 20 heavy (non-hydrogen) atoms. The van der Waals surface area contributed by atoms with Crippen LogP contribution in [-0.4, -0.2) is 12.1 Å². The molecule has 2 heteroatoms. The fourth-order valence-corrected chi connectivity index (χ4v) is 2.99. The van der Waals surface area contributed by atoms with Gasteiger partial charge in [0.05, 0.1) is 0 Å². The molecule has 0 bridgehead atoms. The molecule has 0 N–H and O–H groups in total. The first-order valence-corrected chi connectivity index (χ1v) is 8.66. The van der Waals surface area contributed by atoms with Gasteiger partial charge in [0.1, 0.15) is 6.10 Å². The normalized spacial score (nSPS) is 21.4. The summed E-state index contributed by atoms with van der Waals surface area (Å²) in [6.07, 6.45) is 19.4. The highest BCUT2D eigenvalue weighted by Crippen LogP contribution is 2.18. The largest absolute Gasteiger partial charge is 0.459 e. The van der Waals surface area contributed by atoms with Crippen LogP contribution in [0.3, 0.4) is 0 Å². The summed E-state index contributed by atoms with van der Waals surface area (Å²) in [5.41, 5.74) is 0. The summed E-state index contributed by atoms with van der Waals surface area (Å²) in [5.74, 6) is -0.257. The first kappa shape index (κ1) is 17.3. The molecule has 0 aromatic heterocycles. The topological polar surface area (TPSA) is 26.3 Å². The van der Waals surface area contributed by atoms with Crippen LogP contribution in [0.15, 0.2) is 12.7 Å². The Balaban J connectivity index is 2.31. The maximum atomic E-state index is 11.4. The highest BCUT2D eigenvalue weighted by atomic mass is 16.5. The monoisotopic (exact) mass is 280 g/mol. The van der Waals surface area contributed by atoms with Crippen molar-refractivity contribution in [1.82, 2.24) is 0 Å². The first-order chi connectivity index (χ1) is 9.83. The van der Waals surface area contributed by atoms with Crippen molar-refractivity contribution in [2.24, 2.45) is 0 Å². The summed E-state index contributed by atoms with van der Waals surface area (Å²) in [6, 6.07) is 0. The molecule has 0 amide bonds. The van der Waals surface area contributed by atoms with Crippen molar-refractivity contribution < 1.29 is 9.53 Å². The van der Waals surface area contributed by atoms with E-state index in [0.29, 0.717) is 0 Å². The van der Waals surface area contributed by atoms with Gasteiger partial charge in [-0.2, -0.15) is 0 Å². The zero-order chi connectivity index (χ0) is 14.5. The van der Waals surface area contributed by atoms with E-state index >= 15 is 0 Å². The van der Waals surface area contributed by atoms with Crippen LogP contribution in [0.1, 0.15) is 89.9 Å². The Kier molecular flexibility index (Phi) is 10.3. The summed E-state index contributed by atoms with van der Waals surface area (Å²) in [7, 11) is 0. The number of carbonyl (C=O) groups is 1. The lowest BCUT2D eigenvalue weighted by atomic mass is 10.0. The molecule has 1 fully saturated rings. The van der Waals surface area contributed by atoms with Gasteiger partial charge in [-0.15, -0.1) is 0 Å². The van der Waals surface area contributed by atoms with E-state index in [-0.39, 0.29) is 12.1 Å². The average Bonchev–Trinajstić information content (AvgIpc) is 2.47. The summed E-state index contributed by atoms with van der Waals surface area (Å²) in [4.78, 5) is 11.4. The minimum Gasteiger partial charge on any atom is -0.459 e. The SMILES string of the molecule is C=CC(=O)OC1CCCCCCCCCCCCCC1. The minimum absolute atomic E-state index is 0.116. The number of carbonyl (C=O) groups excluding carboxylic acids is 1. The van der Waals surface area contributed by atoms with E-state index in [1.165, 1.54) is 83.1 Å². The van der Waals surface area contributed by atoms with E-state index in [9.17, 15) is 4.79 Å². The van der Waals surface area contributed by atoms with Crippen molar-refractivity contribution in [3.63, 3.8) is 0 Å². The summed E-state index contributed by atoms with van der Waals surface area (Å²) < 4.78 is 5.47. The Morgan fingerprint density at radius 1 is 0.750 bits per heavy atom. The van der Waals surface area contributed by atoms with E-state index in [1.54, 1.807) is 0 Å². The predicted octanol–water partition coefficient (Wildman–Crippen LogP) is 5.56. The van der Waals surface area contributed by atoms with Crippen molar-refractivity contribution in [2.45, 2.75) is 96.0 Å². The molecule has 0 spiro atoms. The molecule has 2 nitrogen and oxygen atoms in total. The molecular weight excluding hydrogens is 248 g/mol. The second-order valence-corrected chi connectivity index (χ2v) is 6.08. The number of hydrogen-bond donors (Lipinski definition) is 0. The molecule has 0 aromatic carbocycles. The maximum absolute atomic E-state index is 11.4. The second-order valence-electron chi connectivity index (χ2n) is 6.08. The highest BCUT2D eigenvalue weighted by molar-refractivity contribution is 5.81. The van der Waals surface area contributed by atoms with Crippen LogP contribution >= 0.6 is 0 Å². The Morgan fingerprint density at radius 2 is 1.10 bits per heavy atom.